The molecule has 7 nitrogen and oxygen atoms in total. The van der Waals surface area contributed by atoms with Gasteiger partial charge in [-0.3, -0.25) is 14.9 Å². The highest BCUT2D eigenvalue weighted by Gasteiger charge is 2.24. The van der Waals surface area contributed by atoms with E-state index in [1.807, 2.05) is 0 Å². The molecule has 1 N–H and O–H groups in total. The second kappa shape index (κ2) is 5.63. The maximum Gasteiger partial charge on any atom is 0.312 e. The number of nitriles is 1. The fraction of sp³-hybridized carbons (Fsp3) is 0.273. The summed E-state index contributed by atoms with van der Waals surface area (Å²) in [5.41, 5.74) is -0.977. The fourth-order valence-electron chi connectivity index (χ4n) is 1.23. The van der Waals surface area contributed by atoms with Crippen molar-refractivity contribution in [1.29, 1.82) is 5.26 Å². The van der Waals surface area contributed by atoms with Crippen molar-refractivity contribution in [3.05, 3.63) is 33.4 Å². The molecule has 0 aromatic heterocycles. The normalized spacial score (nSPS) is 8.94. The third-order valence-electron chi connectivity index (χ3n) is 2.05. The van der Waals surface area contributed by atoms with Crippen LogP contribution in [0.4, 0.5) is 5.69 Å². The Bertz CT molecular complexity index is 532. The molecule has 0 bridgehead atoms. The average molecular weight is 251 g/mol. The van der Waals surface area contributed by atoms with Crippen molar-refractivity contribution in [1.82, 2.24) is 4.90 Å². The number of aromatic hydroxyl groups is 1. The maximum absolute atomic E-state index is 11.6. The van der Waals surface area contributed by atoms with Crippen LogP contribution in [0.5, 0.6) is 5.75 Å². The topological polar surface area (TPSA) is 107 Å². The largest absolute Gasteiger partial charge is 0.502 e. The number of carbonyl (C=O) groups is 1. The van der Waals surface area contributed by atoms with Crippen LogP contribution >= 0.6 is 0 Å². The third kappa shape index (κ3) is 2.74. The Kier molecular flexibility index (Phi) is 4.81. The van der Waals surface area contributed by atoms with Gasteiger partial charge in [0.25, 0.3) is 5.91 Å². The summed E-state index contributed by atoms with van der Waals surface area (Å²) in [7, 11) is 2.87. The van der Waals surface area contributed by atoms with Crippen molar-refractivity contribution in [3.63, 3.8) is 0 Å². The van der Waals surface area contributed by atoms with Crippen LogP contribution in [-0.4, -0.2) is 34.9 Å². The minimum atomic E-state index is -0.845. The first kappa shape index (κ1) is 15.4. The van der Waals surface area contributed by atoms with Gasteiger partial charge in [-0.05, 0) is 6.07 Å². The van der Waals surface area contributed by atoms with Gasteiger partial charge in [-0.2, -0.15) is 5.26 Å². The Labute approximate surface area is 104 Å². The first-order valence-corrected chi connectivity index (χ1v) is 4.51. The number of phenolic OH excluding ortho intramolecular Hbond substituents is 1. The summed E-state index contributed by atoms with van der Waals surface area (Å²) in [6.45, 7) is 0. The summed E-state index contributed by atoms with van der Waals surface area (Å²) in [6, 6.07) is 3.73. The van der Waals surface area contributed by atoms with Crippen molar-refractivity contribution in [2.75, 3.05) is 14.1 Å². The van der Waals surface area contributed by atoms with Gasteiger partial charge in [-0.1, -0.05) is 7.43 Å². The molecule has 0 saturated carbocycles. The van der Waals surface area contributed by atoms with E-state index in [9.17, 15) is 20.0 Å². The van der Waals surface area contributed by atoms with Crippen molar-refractivity contribution in [2.24, 2.45) is 0 Å². The molecule has 0 radical (unpaired) electrons. The average Bonchev–Trinajstić information content (AvgIpc) is 2.27. The van der Waals surface area contributed by atoms with E-state index in [0.717, 1.165) is 17.0 Å². The Balaban J connectivity index is 0.00000289. The molecule has 96 valence electrons. The standard InChI is InChI=1S/C10H9N3O4.CH4/c1-12(2)10(15)7-3-6(5-11)4-8(9(7)14)13(16)17;/h3-4,14H,1-2H3;1H4. The van der Waals surface area contributed by atoms with Crippen molar-refractivity contribution in [3.8, 4) is 11.8 Å². The Morgan fingerprint density at radius 3 is 2.44 bits per heavy atom. The minimum Gasteiger partial charge on any atom is -0.502 e. The maximum atomic E-state index is 11.6. The Morgan fingerprint density at radius 1 is 1.50 bits per heavy atom. The highest BCUT2D eigenvalue weighted by molar-refractivity contribution is 5.98. The quantitative estimate of drug-likeness (QED) is 0.633. The van der Waals surface area contributed by atoms with Crippen molar-refractivity contribution >= 4 is 11.6 Å². The molecule has 0 unspecified atom stereocenters. The summed E-state index contributed by atoms with van der Waals surface area (Å²) in [5.74, 6) is -1.34. The van der Waals surface area contributed by atoms with Crippen molar-refractivity contribution in [2.45, 2.75) is 7.43 Å². The van der Waals surface area contributed by atoms with Gasteiger partial charge in [0.05, 0.1) is 22.1 Å². The molecule has 0 aliphatic carbocycles. The number of carbonyl (C=O) groups excluding carboxylic acids is 1. The molecular formula is C11H13N3O4. The van der Waals surface area contributed by atoms with Crippen LogP contribution in [0.2, 0.25) is 0 Å². The first-order chi connectivity index (χ1) is 7.88. The lowest BCUT2D eigenvalue weighted by Gasteiger charge is -2.11. The SMILES string of the molecule is C.CN(C)C(=O)c1cc(C#N)cc([N+](=O)[O-])c1O. The number of hydrogen-bond donors (Lipinski definition) is 1. The number of nitrogens with zero attached hydrogens (tertiary/aromatic N) is 3. The predicted molar refractivity (Wildman–Crippen MR) is 64.2 cm³/mol. The van der Waals surface area contributed by atoms with Gasteiger partial charge in [0.1, 0.15) is 0 Å². The van der Waals surface area contributed by atoms with E-state index in [-0.39, 0.29) is 18.6 Å². The molecule has 18 heavy (non-hydrogen) atoms. The van der Waals surface area contributed by atoms with Crippen LogP contribution < -0.4 is 0 Å². The lowest BCUT2D eigenvalue weighted by atomic mass is 10.1. The number of nitro benzene ring substituents is 1. The van der Waals surface area contributed by atoms with Crippen LogP contribution in [0.15, 0.2) is 12.1 Å². The molecule has 0 aliphatic rings. The summed E-state index contributed by atoms with van der Waals surface area (Å²) >= 11 is 0. The molecule has 0 fully saturated rings. The number of hydrogen-bond acceptors (Lipinski definition) is 5. The van der Waals surface area contributed by atoms with Gasteiger partial charge < -0.3 is 10.0 Å². The number of phenols is 1. The zero-order chi connectivity index (χ0) is 13.2. The van der Waals surface area contributed by atoms with Crippen LogP contribution in [-0.2, 0) is 0 Å². The number of nitro groups is 1. The second-order valence-corrected chi connectivity index (χ2v) is 3.46. The first-order valence-electron chi connectivity index (χ1n) is 4.51. The van der Waals surface area contributed by atoms with E-state index in [0.29, 0.717) is 0 Å². The number of amides is 1. The van der Waals surface area contributed by atoms with Gasteiger partial charge in [0, 0.05) is 20.2 Å². The molecule has 0 heterocycles. The monoisotopic (exact) mass is 251 g/mol. The van der Waals surface area contributed by atoms with Crippen LogP contribution in [0.1, 0.15) is 23.3 Å². The van der Waals surface area contributed by atoms with E-state index >= 15 is 0 Å². The third-order valence-corrected chi connectivity index (χ3v) is 2.05. The fourth-order valence-corrected chi connectivity index (χ4v) is 1.23. The molecular weight excluding hydrogens is 238 g/mol. The van der Waals surface area contributed by atoms with E-state index in [1.54, 1.807) is 6.07 Å². The second-order valence-electron chi connectivity index (χ2n) is 3.46. The molecule has 0 aliphatic heterocycles. The predicted octanol–water partition coefficient (Wildman–Crippen LogP) is 1.51. The molecule has 0 atom stereocenters. The van der Waals surface area contributed by atoms with E-state index in [2.05, 4.69) is 0 Å². The lowest BCUT2D eigenvalue weighted by molar-refractivity contribution is -0.385. The number of benzene rings is 1. The molecule has 0 saturated heterocycles. The molecule has 1 aromatic carbocycles. The summed E-state index contributed by atoms with van der Waals surface area (Å²) in [5, 5.41) is 28.9. The molecule has 0 spiro atoms. The lowest BCUT2D eigenvalue weighted by Crippen LogP contribution is -2.22. The van der Waals surface area contributed by atoms with Crippen molar-refractivity contribution < 1.29 is 14.8 Å². The Morgan fingerprint density at radius 2 is 2.06 bits per heavy atom. The van der Waals surface area contributed by atoms with Crippen LogP contribution in [0.25, 0.3) is 0 Å². The highest BCUT2D eigenvalue weighted by Crippen LogP contribution is 2.31. The Hall–Kier alpha value is -2.62. The molecule has 1 amide bonds. The molecule has 1 aromatic rings. The minimum absolute atomic E-state index is 0. The van der Waals surface area contributed by atoms with E-state index < -0.39 is 22.3 Å². The highest BCUT2D eigenvalue weighted by atomic mass is 16.6. The zero-order valence-electron chi connectivity index (χ0n) is 9.17. The smallest absolute Gasteiger partial charge is 0.312 e. The number of rotatable bonds is 2. The van der Waals surface area contributed by atoms with Gasteiger partial charge in [-0.15, -0.1) is 0 Å². The van der Waals surface area contributed by atoms with Crippen LogP contribution in [0.3, 0.4) is 0 Å². The van der Waals surface area contributed by atoms with E-state index in [1.165, 1.54) is 14.1 Å². The molecule has 7 heteroatoms. The summed E-state index contributed by atoms with van der Waals surface area (Å²) in [4.78, 5) is 22.6. The van der Waals surface area contributed by atoms with E-state index in [4.69, 9.17) is 5.26 Å². The van der Waals surface area contributed by atoms with Gasteiger partial charge >= 0.3 is 5.69 Å². The molecule has 1 rings (SSSR count). The van der Waals surface area contributed by atoms with Gasteiger partial charge in [-0.25, -0.2) is 0 Å². The van der Waals surface area contributed by atoms with Gasteiger partial charge in [0.2, 0.25) is 5.75 Å². The summed E-state index contributed by atoms with van der Waals surface area (Å²) < 4.78 is 0. The van der Waals surface area contributed by atoms with Gasteiger partial charge in [0.15, 0.2) is 0 Å². The van der Waals surface area contributed by atoms with Crippen LogP contribution in [0, 0.1) is 21.4 Å². The zero-order valence-corrected chi connectivity index (χ0v) is 9.17. The summed E-state index contributed by atoms with van der Waals surface area (Å²) in [6.07, 6.45) is 0.